The Morgan fingerprint density at radius 2 is 1.83 bits per heavy atom. The van der Waals surface area contributed by atoms with Crippen LogP contribution in [0.3, 0.4) is 0 Å². The Hall–Kier alpha value is -1.88. The Bertz CT molecular complexity index is 525. The van der Waals surface area contributed by atoms with Crippen LogP contribution in [-0.4, -0.2) is 18.4 Å². The van der Waals surface area contributed by atoms with Gasteiger partial charge >= 0.3 is 0 Å². The molecule has 0 fully saturated rings. The Labute approximate surface area is 139 Å². The van der Waals surface area contributed by atoms with Gasteiger partial charge < -0.3 is 16.4 Å². The Kier molecular flexibility index (Phi) is 8.33. The van der Waals surface area contributed by atoms with E-state index >= 15 is 0 Å². The van der Waals surface area contributed by atoms with E-state index < -0.39 is 0 Å². The molecule has 0 atom stereocenters. The fourth-order valence-corrected chi connectivity index (χ4v) is 2.46. The van der Waals surface area contributed by atoms with Gasteiger partial charge in [-0.2, -0.15) is 0 Å². The van der Waals surface area contributed by atoms with E-state index in [2.05, 4.69) is 10.6 Å². The van der Waals surface area contributed by atoms with Crippen molar-refractivity contribution in [1.82, 2.24) is 0 Å². The molecule has 4 N–H and O–H groups in total. The van der Waals surface area contributed by atoms with Crippen molar-refractivity contribution in [1.29, 1.82) is 0 Å². The van der Waals surface area contributed by atoms with Crippen LogP contribution >= 0.6 is 0 Å². The van der Waals surface area contributed by atoms with Gasteiger partial charge in [0.1, 0.15) is 0 Å². The molecule has 1 aromatic carbocycles. The summed E-state index contributed by atoms with van der Waals surface area (Å²) in [5.74, 6) is -0.00303. The summed E-state index contributed by atoms with van der Waals surface area (Å²) in [5, 5.41) is 5.86. The molecule has 5 heteroatoms. The van der Waals surface area contributed by atoms with Crippen molar-refractivity contribution in [3.05, 3.63) is 23.8 Å². The first-order chi connectivity index (χ1) is 11.0. The first kappa shape index (κ1) is 19.2. The van der Waals surface area contributed by atoms with E-state index in [1.807, 2.05) is 39.0 Å². The summed E-state index contributed by atoms with van der Waals surface area (Å²) in [7, 11) is 0. The largest absolute Gasteiger partial charge is 0.330 e. The molecule has 0 spiro atoms. The summed E-state index contributed by atoms with van der Waals surface area (Å²) in [6.07, 6.45) is 3.52. The molecule has 0 aromatic heterocycles. The molecule has 5 nitrogen and oxygen atoms in total. The van der Waals surface area contributed by atoms with Gasteiger partial charge in [0.15, 0.2) is 0 Å². The summed E-state index contributed by atoms with van der Waals surface area (Å²) in [4.78, 5) is 24.1. The maximum Gasteiger partial charge on any atom is 0.227 e. The molecule has 0 aliphatic heterocycles. The van der Waals surface area contributed by atoms with Crippen LogP contribution in [0.4, 0.5) is 11.4 Å². The second-order valence-corrected chi connectivity index (χ2v) is 5.67. The first-order valence-electron chi connectivity index (χ1n) is 8.49. The van der Waals surface area contributed by atoms with Crippen LogP contribution < -0.4 is 16.4 Å². The highest BCUT2D eigenvalue weighted by atomic mass is 16.2. The number of carbonyl (C=O) groups excluding carboxylic acids is 2. The molecule has 2 amide bonds. The molecule has 1 rings (SSSR count). The van der Waals surface area contributed by atoms with Crippen LogP contribution in [0.2, 0.25) is 0 Å². The van der Waals surface area contributed by atoms with Crippen molar-refractivity contribution in [3.8, 4) is 0 Å². The smallest absolute Gasteiger partial charge is 0.227 e. The lowest BCUT2D eigenvalue weighted by Crippen LogP contribution is -2.22. The third-order valence-electron chi connectivity index (χ3n) is 4.00. The number of hydrogen-bond acceptors (Lipinski definition) is 3. The molecular formula is C18H29N3O2. The summed E-state index contributed by atoms with van der Waals surface area (Å²) in [6.45, 7) is 6.56. The Morgan fingerprint density at radius 1 is 1.13 bits per heavy atom. The molecule has 0 saturated carbocycles. The van der Waals surface area contributed by atoms with Crippen LogP contribution in [0.5, 0.6) is 0 Å². The molecular weight excluding hydrogens is 290 g/mol. The second-order valence-electron chi connectivity index (χ2n) is 5.67. The zero-order valence-electron chi connectivity index (χ0n) is 14.4. The van der Waals surface area contributed by atoms with Gasteiger partial charge in [-0.05, 0) is 49.9 Å². The number of nitrogens with one attached hydrogen (secondary N) is 2. The van der Waals surface area contributed by atoms with Crippen molar-refractivity contribution in [2.75, 3.05) is 17.2 Å². The van der Waals surface area contributed by atoms with Gasteiger partial charge in [-0.15, -0.1) is 0 Å². The molecule has 23 heavy (non-hydrogen) atoms. The molecule has 0 radical (unpaired) electrons. The third kappa shape index (κ3) is 6.02. The standard InChI is InChI=1S/C18H29N3O2/c1-4-13(5-2)18(23)20-15-10-9-14(6-3)16(12-15)21-17(22)8-7-11-19/h9-10,12-13H,4-8,11,19H2,1-3H3,(H,20,23)(H,21,22). The van der Waals surface area contributed by atoms with Crippen LogP contribution in [0.1, 0.15) is 52.0 Å². The average Bonchev–Trinajstić information content (AvgIpc) is 2.54. The van der Waals surface area contributed by atoms with Crippen LogP contribution in [0.15, 0.2) is 18.2 Å². The lowest BCUT2D eigenvalue weighted by atomic mass is 10.0. The zero-order valence-corrected chi connectivity index (χ0v) is 14.4. The maximum absolute atomic E-state index is 12.2. The lowest BCUT2D eigenvalue weighted by molar-refractivity contribution is -0.120. The first-order valence-corrected chi connectivity index (χ1v) is 8.49. The number of rotatable bonds is 9. The normalized spacial score (nSPS) is 10.7. The third-order valence-corrected chi connectivity index (χ3v) is 4.00. The molecule has 0 aliphatic rings. The van der Waals surface area contributed by atoms with Crippen LogP contribution in [0, 0.1) is 5.92 Å². The van der Waals surface area contributed by atoms with Crippen molar-refractivity contribution in [3.63, 3.8) is 0 Å². The highest BCUT2D eigenvalue weighted by molar-refractivity contribution is 5.95. The summed E-state index contributed by atoms with van der Waals surface area (Å²) < 4.78 is 0. The van der Waals surface area contributed by atoms with Crippen molar-refractivity contribution in [2.24, 2.45) is 11.7 Å². The number of hydrogen-bond donors (Lipinski definition) is 3. The van der Waals surface area contributed by atoms with Gasteiger partial charge in [0, 0.05) is 23.7 Å². The zero-order chi connectivity index (χ0) is 17.2. The molecule has 0 bridgehead atoms. The number of aryl methyl sites for hydroxylation is 1. The minimum absolute atomic E-state index is 0.0171. The van der Waals surface area contributed by atoms with Gasteiger partial charge in [0.2, 0.25) is 11.8 Å². The fourth-order valence-electron chi connectivity index (χ4n) is 2.46. The van der Waals surface area contributed by atoms with E-state index in [0.29, 0.717) is 25.1 Å². The quantitative estimate of drug-likeness (QED) is 0.653. The number of carbonyl (C=O) groups is 2. The lowest BCUT2D eigenvalue weighted by Gasteiger charge is -2.15. The van der Waals surface area contributed by atoms with E-state index in [9.17, 15) is 9.59 Å². The van der Waals surface area contributed by atoms with Crippen LogP contribution in [-0.2, 0) is 16.0 Å². The number of amides is 2. The molecule has 0 unspecified atom stereocenters. The number of anilines is 2. The van der Waals surface area contributed by atoms with E-state index in [4.69, 9.17) is 5.73 Å². The minimum atomic E-state index is -0.0476. The summed E-state index contributed by atoms with van der Waals surface area (Å²) in [6, 6.07) is 5.66. The predicted octanol–water partition coefficient (Wildman–Crippen LogP) is 3.30. The Balaban J connectivity index is 2.85. The SMILES string of the molecule is CCc1ccc(NC(=O)C(CC)CC)cc1NC(=O)CCCN. The molecule has 0 heterocycles. The van der Waals surface area contributed by atoms with Crippen molar-refractivity contribution < 1.29 is 9.59 Å². The molecule has 0 aliphatic carbocycles. The van der Waals surface area contributed by atoms with Crippen molar-refractivity contribution in [2.45, 2.75) is 52.9 Å². The molecule has 0 saturated heterocycles. The fraction of sp³-hybridized carbons (Fsp3) is 0.556. The van der Waals surface area contributed by atoms with Gasteiger partial charge in [0.05, 0.1) is 0 Å². The Morgan fingerprint density at radius 3 is 2.39 bits per heavy atom. The molecule has 128 valence electrons. The predicted molar refractivity (Wildman–Crippen MR) is 95.4 cm³/mol. The highest BCUT2D eigenvalue weighted by Crippen LogP contribution is 2.23. The van der Waals surface area contributed by atoms with E-state index in [0.717, 1.165) is 30.5 Å². The number of nitrogens with two attached hydrogens (primary N) is 1. The maximum atomic E-state index is 12.2. The van der Waals surface area contributed by atoms with E-state index in [-0.39, 0.29) is 17.7 Å². The van der Waals surface area contributed by atoms with Crippen molar-refractivity contribution >= 4 is 23.2 Å². The monoisotopic (exact) mass is 319 g/mol. The van der Waals surface area contributed by atoms with Gasteiger partial charge in [-0.3, -0.25) is 9.59 Å². The highest BCUT2D eigenvalue weighted by Gasteiger charge is 2.15. The summed E-state index contributed by atoms with van der Waals surface area (Å²) >= 11 is 0. The number of benzene rings is 1. The summed E-state index contributed by atoms with van der Waals surface area (Å²) in [5.41, 5.74) is 7.96. The van der Waals surface area contributed by atoms with Crippen LogP contribution in [0.25, 0.3) is 0 Å². The minimum Gasteiger partial charge on any atom is -0.330 e. The topological polar surface area (TPSA) is 84.2 Å². The van der Waals surface area contributed by atoms with E-state index in [1.54, 1.807) is 0 Å². The second kappa shape index (κ2) is 10.0. The van der Waals surface area contributed by atoms with Gasteiger partial charge in [0.25, 0.3) is 0 Å². The van der Waals surface area contributed by atoms with Gasteiger partial charge in [-0.25, -0.2) is 0 Å². The molecule has 1 aromatic rings. The average molecular weight is 319 g/mol. The van der Waals surface area contributed by atoms with Gasteiger partial charge in [-0.1, -0.05) is 26.8 Å². The van der Waals surface area contributed by atoms with E-state index in [1.165, 1.54) is 0 Å².